The third-order valence-corrected chi connectivity index (χ3v) is 4.98. The van der Waals surface area contributed by atoms with Crippen molar-refractivity contribution in [2.75, 3.05) is 25.0 Å². The molecular formula is C19H28N6O. The van der Waals surface area contributed by atoms with Crippen LogP contribution in [0.1, 0.15) is 38.8 Å². The lowest BCUT2D eigenvalue weighted by atomic mass is 9.98. The van der Waals surface area contributed by atoms with Gasteiger partial charge in [-0.1, -0.05) is 6.92 Å². The zero-order valence-electron chi connectivity index (χ0n) is 15.9. The van der Waals surface area contributed by atoms with Crippen molar-refractivity contribution < 1.29 is 4.79 Å². The van der Waals surface area contributed by atoms with Gasteiger partial charge in [-0.2, -0.15) is 5.10 Å². The summed E-state index contributed by atoms with van der Waals surface area (Å²) in [6.07, 6.45) is 6.90. The Labute approximate surface area is 154 Å². The molecule has 1 aliphatic heterocycles. The van der Waals surface area contributed by atoms with Gasteiger partial charge in [-0.05, 0) is 38.2 Å². The molecule has 0 radical (unpaired) electrons. The lowest BCUT2D eigenvalue weighted by molar-refractivity contribution is -0.130. The Bertz CT molecular complexity index is 756. The van der Waals surface area contributed by atoms with Gasteiger partial charge in [-0.25, -0.2) is 9.97 Å². The number of amides is 1. The molecule has 7 nitrogen and oxygen atoms in total. The molecule has 0 saturated carbocycles. The summed E-state index contributed by atoms with van der Waals surface area (Å²) < 4.78 is 2.02. The molecule has 0 aliphatic carbocycles. The van der Waals surface area contributed by atoms with Crippen LogP contribution in [0.15, 0.2) is 18.5 Å². The molecule has 3 rings (SSSR count). The molecule has 1 amide bonds. The smallest absolute Gasteiger partial charge is 0.223 e. The molecule has 1 unspecified atom stereocenters. The molecule has 26 heavy (non-hydrogen) atoms. The predicted molar refractivity (Wildman–Crippen MR) is 102 cm³/mol. The molecule has 1 atom stereocenters. The van der Waals surface area contributed by atoms with Crippen molar-refractivity contribution in [1.82, 2.24) is 24.6 Å². The lowest BCUT2D eigenvalue weighted by Crippen LogP contribution is -2.40. The van der Waals surface area contributed by atoms with Crippen LogP contribution in [0.5, 0.6) is 0 Å². The number of likely N-dealkylation sites (tertiary alicyclic amines) is 1. The first kappa shape index (κ1) is 18.4. The summed E-state index contributed by atoms with van der Waals surface area (Å²) in [5, 5.41) is 7.80. The predicted octanol–water partition coefficient (Wildman–Crippen LogP) is 2.73. The maximum absolute atomic E-state index is 11.6. The van der Waals surface area contributed by atoms with Crippen molar-refractivity contribution in [3.05, 3.63) is 24.2 Å². The second-order valence-corrected chi connectivity index (χ2v) is 6.99. The quantitative estimate of drug-likeness (QED) is 0.861. The van der Waals surface area contributed by atoms with E-state index in [1.54, 1.807) is 13.1 Å². The molecule has 0 spiro atoms. The number of carbonyl (C=O) groups is 1. The first-order chi connectivity index (χ1) is 12.6. The summed E-state index contributed by atoms with van der Waals surface area (Å²) >= 11 is 0. The second kappa shape index (κ2) is 8.29. The highest BCUT2D eigenvalue weighted by Gasteiger charge is 2.21. The fraction of sp³-hybridized carbons (Fsp3) is 0.579. The molecule has 0 aromatic carbocycles. The van der Waals surface area contributed by atoms with Crippen LogP contribution in [-0.4, -0.2) is 50.2 Å². The maximum Gasteiger partial charge on any atom is 0.223 e. The van der Waals surface area contributed by atoms with Crippen molar-refractivity contribution in [2.45, 2.75) is 46.6 Å². The molecule has 2 aromatic rings. The number of hydrogen-bond acceptors (Lipinski definition) is 5. The molecule has 1 aliphatic rings. The van der Waals surface area contributed by atoms with Gasteiger partial charge in [0.1, 0.15) is 0 Å². The van der Waals surface area contributed by atoms with E-state index in [0.29, 0.717) is 11.9 Å². The van der Waals surface area contributed by atoms with Crippen molar-refractivity contribution in [2.24, 2.45) is 5.92 Å². The van der Waals surface area contributed by atoms with Crippen LogP contribution >= 0.6 is 0 Å². The van der Waals surface area contributed by atoms with E-state index in [2.05, 4.69) is 34.2 Å². The number of rotatable bonds is 6. The SMILES string of the molecule is CCCn1ncc(-c2ccnc(NCC3CCCN(C(C)=O)C3)n2)c1C. The molecule has 3 heterocycles. The second-order valence-electron chi connectivity index (χ2n) is 6.99. The molecule has 140 valence electrons. The first-order valence-corrected chi connectivity index (χ1v) is 9.43. The van der Waals surface area contributed by atoms with Gasteiger partial charge >= 0.3 is 0 Å². The molecule has 0 bridgehead atoms. The summed E-state index contributed by atoms with van der Waals surface area (Å²) in [4.78, 5) is 22.5. The normalized spacial score (nSPS) is 17.3. The van der Waals surface area contributed by atoms with Gasteiger partial charge in [0.05, 0.1) is 11.9 Å². The van der Waals surface area contributed by atoms with Crippen LogP contribution < -0.4 is 5.32 Å². The molecule has 1 saturated heterocycles. The zero-order chi connectivity index (χ0) is 18.5. The summed E-state index contributed by atoms with van der Waals surface area (Å²) in [6.45, 7) is 9.24. The topological polar surface area (TPSA) is 75.9 Å². The van der Waals surface area contributed by atoms with Gasteiger partial charge in [0.15, 0.2) is 0 Å². The molecule has 2 aromatic heterocycles. The number of anilines is 1. The zero-order valence-corrected chi connectivity index (χ0v) is 15.9. The Morgan fingerprint density at radius 3 is 3.04 bits per heavy atom. The highest BCUT2D eigenvalue weighted by molar-refractivity contribution is 5.73. The Morgan fingerprint density at radius 1 is 1.42 bits per heavy atom. The van der Waals surface area contributed by atoms with Gasteiger partial charge in [0.2, 0.25) is 11.9 Å². The van der Waals surface area contributed by atoms with Crippen LogP contribution in [0.2, 0.25) is 0 Å². The van der Waals surface area contributed by atoms with E-state index < -0.39 is 0 Å². The minimum absolute atomic E-state index is 0.160. The standard InChI is InChI=1S/C19H28N6O/c1-4-9-25-14(2)17(12-22-25)18-7-8-20-19(23-18)21-11-16-6-5-10-24(13-16)15(3)26/h7-8,12,16H,4-6,9-11,13H2,1-3H3,(H,20,21,23). The van der Waals surface area contributed by atoms with Crippen LogP contribution in [0.3, 0.4) is 0 Å². The van der Waals surface area contributed by atoms with E-state index in [9.17, 15) is 4.79 Å². The third kappa shape index (κ3) is 4.20. The number of aryl methyl sites for hydroxylation is 1. The minimum Gasteiger partial charge on any atom is -0.354 e. The number of hydrogen-bond donors (Lipinski definition) is 1. The van der Waals surface area contributed by atoms with Crippen molar-refractivity contribution in [1.29, 1.82) is 0 Å². The average molecular weight is 356 g/mol. The van der Waals surface area contributed by atoms with Gasteiger partial charge in [-0.3, -0.25) is 9.48 Å². The summed E-state index contributed by atoms with van der Waals surface area (Å²) in [6, 6.07) is 1.92. The molecular weight excluding hydrogens is 328 g/mol. The monoisotopic (exact) mass is 356 g/mol. The fourth-order valence-electron chi connectivity index (χ4n) is 3.48. The lowest BCUT2D eigenvalue weighted by Gasteiger charge is -2.32. The average Bonchev–Trinajstić information content (AvgIpc) is 3.01. The summed E-state index contributed by atoms with van der Waals surface area (Å²) in [5.74, 6) is 1.23. The number of piperidine rings is 1. The van der Waals surface area contributed by atoms with E-state index in [1.165, 1.54) is 0 Å². The van der Waals surface area contributed by atoms with Gasteiger partial charge in [0.25, 0.3) is 0 Å². The fourth-order valence-corrected chi connectivity index (χ4v) is 3.48. The number of nitrogens with one attached hydrogen (secondary N) is 1. The van der Waals surface area contributed by atoms with E-state index >= 15 is 0 Å². The van der Waals surface area contributed by atoms with E-state index in [4.69, 9.17) is 0 Å². The Morgan fingerprint density at radius 2 is 2.27 bits per heavy atom. The van der Waals surface area contributed by atoms with E-state index in [-0.39, 0.29) is 5.91 Å². The Balaban J connectivity index is 1.65. The van der Waals surface area contributed by atoms with Gasteiger partial charge in [-0.15, -0.1) is 0 Å². The highest BCUT2D eigenvalue weighted by Crippen LogP contribution is 2.22. The van der Waals surface area contributed by atoms with E-state index in [0.717, 1.165) is 62.4 Å². The Hall–Kier alpha value is -2.44. The molecule has 1 fully saturated rings. The minimum atomic E-state index is 0.160. The van der Waals surface area contributed by atoms with Crippen LogP contribution in [0.4, 0.5) is 5.95 Å². The number of aromatic nitrogens is 4. The molecule has 1 N–H and O–H groups in total. The van der Waals surface area contributed by atoms with Gasteiger partial charge in [0, 0.05) is 50.6 Å². The van der Waals surface area contributed by atoms with Crippen molar-refractivity contribution in [3.8, 4) is 11.3 Å². The number of carbonyl (C=O) groups excluding carboxylic acids is 1. The third-order valence-electron chi connectivity index (χ3n) is 4.98. The number of nitrogens with zero attached hydrogens (tertiary/aromatic N) is 5. The van der Waals surface area contributed by atoms with E-state index in [1.807, 2.05) is 21.8 Å². The Kier molecular flexibility index (Phi) is 5.85. The largest absolute Gasteiger partial charge is 0.354 e. The van der Waals surface area contributed by atoms with Crippen LogP contribution in [-0.2, 0) is 11.3 Å². The molecule has 7 heteroatoms. The van der Waals surface area contributed by atoms with Crippen molar-refractivity contribution in [3.63, 3.8) is 0 Å². The summed E-state index contributed by atoms with van der Waals surface area (Å²) in [5.41, 5.74) is 3.06. The summed E-state index contributed by atoms with van der Waals surface area (Å²) in [7, 11) is 0. The highest BCUT2D eigenvalue weighted by atomic mass is 16.2. The van der Waals surface area contributed by atoms with Crippen LogP contribution in [0.25, 0.3) is 11.3 Å². The maximum atomic E-state index is 11.6. The van der Waals surface area contributed by atoms with Crippen LogP contribution in [0, 0.1) is 12.8 Å². The van der Waals surface area contributed by atoms with Gasteiger partial charge < -0.3 is 10.2 Å². The first-order valence-electron chi connectivity index (χ1n) is 9.43. The van der Waals surface area contributed by atoms with Crippen molar-refractivity contribution >= 4 is 11.9 Å².